The standard InChI is InChI=1S/C32H42O5/c1-17-10-12-31(5)13-11-22-23(29(34)36-27(22)25(31)14-17)16-32(15-20(4)33)24-9-7-18(2)21-8-6-19(3)26(21)28(24)37-30(32)35/h10,21-28H,2-3,6-9,11-16H2,1,4-5H3. The molecular formula is C32H42O5. The number of esters is 2. The van der Waals surface area contributed by atoms with E-state index >= 15 is 0 Å². The van der Waals surface area contributed by atoms with Crippen molar-refractivity contribution in [1.29, 1.82) is 0 Å². The minimum Gasteiger partial charge on any atom is -0.461 e. The monoisotopic (exact) mass is 506 g/mol. The molecule has 5 heteroatoms. The average molecular weight is 507 g/mol. The van der Waals surface area contributed by atoms with Crippen molar-refractivity contribution >= 4 is 17.7 Å². The Morgan fingerprint density at radius 2 is 1.81 bits per heavy atom. The minimum absolute atomic E-state index is 0.0188. The minimum atomic E-state index is -0.976. The van der Waals surface area contributed by atoms with Gasteiger partial charge in [-0.3, -0.25) is 14.4 Å². The summed E-state index contributed by atoms with van der Waals surface area (Å²) < 4.78 is 12.4. The second-order valence-electron chi connectivity index (χ2n) is 13.7. The van der Waals surface area contributed by atoms with Gasteiger partial charge in [0.25, 0.3) is 0 Å². The lowest BCUT2D eigenvalue weighted by Gasteiger charge is -2.49. The van der Waals surface area contributed by atoms with Crippen molar-refractivity contribution in [3.63, 3.8) is 0 Å². The van der Waals surface area contributed by atoms with Crippen molar-refractivity contribution < 1.29 is 23.9 Å². The summed E-state index contributed by atoms with van der Waals surface area (Å²) in [7, 11) is 0. The highest BCUT2D eigenvalue weighted by atomic mass is 16.6. The summed E-state index contributed by atoms with van der Waals surface area (Å²) in [6.45, 7) is 14.8. The molecule has 4 aliphatic carbocycles. The number of ether oxygens (including phenoxy) is 2. The van der Waals surface area contributed by atoms with Gasteiger partial charge in [0.05, 0.1) is 11.3 Å². The van der Waals surface area contributed by atoms with Gasteiger partial charge in [-0.2, -0.15) is 0 Å². The van der Waals surface area contributed by atoms with Gasteiger partial charge in [-0.1, -0.05) is 42.9 Å². The largest absolute Gasteiger partial charge is 0.461 e. The van der Waals surface area contributed by atoms with E-state index in [-0.39, 0.29) is 65.4 Å². The van der Waals surface area contributed by atoms with Crippen molar-refractivity contribution in [2.75, 3.05) is 0 Å². The molecule has 0 amide bonds. The van der Waals surface area contributed by atoms with E-state index in [0.717, 1.165) is 56.9 Å². The maximum Gasteiger partial charge on any atom is 0.313 e. The fraction of sp³-hybridized carbons (Fsp3) is 0.719. The quantitative estimate of drug-likeness (QED) is 0.339. The number of hydrogen-bond acceptors (Lipinski definition) is 5. The Hall–Kier alpha value is -2.17. The number of carbonyl (C=O) groups excluding carboxylic acids is 3. The predicted octanol–water partition coefficient (Wildman–Crippen LogP) is 6.13. The number of rotatable bonds is 4. The maximum atomic E-state index is 13.9. The normalized spacial score (nSPS) is 46.7. The van der Waals surface area contributed by atoms with Crippen LogP contribution in [0.4, 0.5) is 0 Å². The summed E-state index contributed by atoms with van der Waals surface area (Å²) in [6.07, 6.45) is 10.0. The molecule has 37 heavy (non-hydrogen) atoms. The third kappa shape index (κ3) is 3.73. The predicted molar refractivity (Wildman–Crippen MR) is 140 cm³/mol. The molecule has 3 saturated carbocycles. The van der Waals surface area contributed by atoms with Crippen molar-refractivity contribution in [1.82, 2.24) is 0 Å². The van der Waals surface area contributed by atoms with Gasteiger partial charge in [-0.25, -0.2) is 0 Å². The molecule has 6 aliphatic rings. The smallest absolute Gasteiger partial charge is 0.313 e. The fourth-order valence-electron chi connectivity index (χ4n) is 9.54. The zero-order valence-electron chi connectivity index (χ0n) is 22.7. The zero-order valence-corrected chi connectivity index (χ0v) is 22.7. The number of carbonyl (C=O) groups is 3. The topological polar surface area (TPSA) is 69.7 Å². The molecule has 5 nitrogen and oxygen atoms in total. The van der Waals surface area contributed by atoms with Crippen molar-refractivity contribution in [3.8, 4) is 0 Å². The fourth-order valence-corrected chi connectivity index (χ4v) is 9.54. The van der Waals surface area contributed by atoms with Crippen LogP contribution in [0.2, 0.25) is 0 Å². The Morgan fingerprint density at radius 3 is 2.57 bits per heavy atom. The molecule has 2 aliphatic heterocycles. The molecule has 5 fully saturated rings. The summed E-state index contributed by atoms with van der Waals surface area (Å²) >= 11 is 0. The van der Waals surface area contributed by atoms with Gasteiger partial charge in [0, 0.05) is 30.1 Å². The number of Topliss-reactive ketones (excluding diaryl/α,β-unsaturated/α-hetero) is 1. The maximum absolute atomic E-state index is 13.9. The lowest BCUT2D eigenvalue weighted by Crippen LogP contribution is -2.47. The molecule has 0 radical (unpaired) electrons. The molecule has 2 saturated heterocycles. The number of fused-ring (bicyclic) bond motifs is 6. The molecule has 0 N–H and O–H groups in total. The Balaban J connectivity index is 1.34. The lowest BCUT2D eigenvalue weighted by molar-refractivity contribution is -0.154. The van der Waals surface area contributed by atoms with Crippen molar-refractivity contribution in [2.45, 2.75) is 97.2 Å². The van der Waals surface area contributed by atoms with E-state index in [9.17, 15) is 14.4 Å². The lowest BCUT2D eigenvalue weighted by atomic mass is 9.55. The van der Waals surface area contributed by atoms with Gasteiger partial charge in [-0.15, -0.1) is 0 Å². The van der Waals surface area contributed by atoms with Crippen LogP contribution in [0, 0.1) is 46.3 Å². The molecular weight excluding hydrogens is 464 g/mol. The summed E-state index contributed by atoms with van der Waals surface area (Å²) in [5, 5.41) is 0. The van der Waals surface area contributed by atoms with Crippen LogP contribution in [-0.4, -0.2) is 29.9 Å². The van der Waals surface area contributed by atoms with Crippen LogP contribution < -0.4 is 0 Å². The van der Waals surface area contributed by atoms with Gasteiger partial charge in [0.15, 0.2) is 0 Å². The first-order valence-corrected chi connectivity index (χ1v) is 14.5. The molecule has 2 heterocycles. The third-order valence-electron chi connectivity index (χ3n) is 11.5. The first kappa shape index (κ1) is 25.1. The molecule has 10 unspecified atom stereocenters. The van der Waals surface area contributed by atoms with E-state index in [4.69, 9.17) is 9.47 Å². The van der Waals surface area contributed by atoms with E-state index in [1.54, 1.807) is 6.92 Å². The summed E-state index contributed by atoms with van der Waals surface area (Å²) in [5.41, 5.74) is 2.92. The molecule has 0 aromatic heterocycles. The van der Waals surface area contributed by atoms with Crippen LogP contribution in [0.1, 0.15) is 85.0 Å². The van der Waals surface area contributed by atoms with E-state index in [2.05, 4.69) is 33.1 Å². The average Bonchev–Trinajstić information content (AvgIpc) is 3.41. The molecule has 0 aromatic carbocycles. The molecule has 0 aromatic rings. The van der Waals surface area contributed by atoms with Crippen LogP contribution in [0.5, 0.6) is 0 Å². The van der Waals surface area contributed by atoms with Crippen molar-refractivity contribution in [2.24, 2.45) is 46.3 Å². The Morgan fingerprint density at radius 1 is 1.05 bits per heavy atom. The number of ketones is 1. The zero-order chi connectivity index (χ0) is 26.3. The first-order chi connectivity index (χ1) is 17.5. The summed E-state index contributed by atoms with van der Waals surface area (Å²) in [6, 6.07) is 0. The van der Waals surface area contributed by atoms with Crippen LogP contribution >= 0.6 is 0 Å². The SMILES string of the molecule is C=C1CCC2C(OC(=O)C2(CC(C)=O)CC2C(=O)OC3C2CCC2(C)CC=C(C)CC32)C2C(=C)CCC12. The van der Waals surface area contributed by atoms with E-state index in [0.29, 0.717) is 18.3 Å². The van der Waals surface area contributed by atoms with Gasteiger partial charge in [0.2, 0.25) is 0 Å². The van der Waals surface area contributed by atoms with Crippen LogP contribution in [0.25, 0.3) is 0 Å². The third-order valence-corrected chi connectivity index (χ3v) is 11.5. The number of allylic oxidation sites excluding steroid dienone is 3. The van der Waals surface area contributed by atoms with Gasteiger partial charge >= 0.3 is 11.9 Å². The Kier molecular flexibility index (Phi) is 5.89. The molecule has 10 atom stereocenters. The summed E-state index contributed by atoms with van der Waals surface area (Å²) in [4.78, 5) is 40.1. The van der Waals surface area contributed by atoms with Crippen LogP contribution in [0.15, 0.2) is 36.0 Å². The van der Waals surface area contributed by atoms with Gasteiger partial charge in [0.1, 0.15) is 18.0 Å². The van der Waals surface area contributed by atoms with Crippen molar-refractivity contribution in [3.05, 3.63) is 36.0 Å². The van der Waals surface area contributed by atoms with Crippen LogP contribution in [0.3, 0.4) is 0 Å². The highest BCUT2D eigenvalue weighted by Gasteiger charge is 2.65. The van der Waals surface area contributed by atoms with E-state index in [1.165, 1.54) is 11.1 Å². The number of hydrogen-bond donors (Lipinski definition) is 0. The van der Waals surface area contributed by atoms with Crippen LogP contribution in [-0.2, 0) is 23.9 Å². The summed E-state index contributed by atoms with van der Waals surface area (Å²) in [5.74, 6) is -0.149. The Bertz CT molecular complexity index is 1100. The van der Waals surface area contributed by atoms with Gasteiger partial charge in [-0.05, 0) is 83.0 Å². The highest BCUT2D eigenvalue weighted by Crippen LogP contribution is 2.62. The molecule has 200 valence electrons. The van der Waals surface area contributed by atoms with E-state index in [1.807, 2.05) is 0 Å². The second-order valence-corrected chi connectivity index (χ2v) is 13.7. The van der Waals surface area contributed by atoms with E-state index < -0.39 is 5.41 Å². The second kappa shape index (κ2) is 8.68. The molecule has 0 spiro atoms. The first-order valence-electron chi connectivity index (χ1n) is 14.5. The molecule has 6 rings (SSSR count). The molecule has 0 bridgehead atoms. The Labute approximate surface area is 221 Å². The van der Waals surface area contributed by atoms with Gasteiger partial charge < -0.3 is 9.47 Å². The highest BCUT2D eigenvalue weighted by molar-refractivity contribution is 5.88.